The third-order valence-corrected chi connectivity index (χ3v) is 7.84. The molecular weight excluding hydrogens is 524 g/mol. The Labute approximate surface area is 217 Å². The molecule has 6 nitrogen and oxygen atoms in total. The molecular formula is C27H26BrClN6. The molecule has 0 spiro atoms. The van der Waals surface area contributed by atoms with Crippen LogP contribution in [0.15, 0.2) is 71.3 Å². The summed E-state index contributed by atoms with van der Waals surface area (Å²) in [4.78, 5) is 7.37. The quantitative estimate of drug-likeness (QED) is 0.276. The molecule has 1 aliphatic heterocycles. The third-order valence-electron chi connectivity index (χ3n) is 6.95. The first kappa shape index (κ1) is 22.6. The molecule has 178 valence electrons. The maximum atomic E-state index is 6.49. The van der Waals surface area contributed by atoms with Gasteiger partial charge in [0.15, 0.2) is 5.65 Å². The minimum Gasteiger partial charge on any atom is -0.367 e. The minimum atomic E-state index is 0.367. The molecule has 0 bridgehead atoms. The van der Waals surface area contributed by atoms with E-state index in [4.69, 9.17) is 16.6 Å². The van der Waals surface area contributed by atoms with Crippen LogP contribution >= 0.6 is 27.5 Å². The lowest BCUT2D eigenvalue weighted by Gasteiger charge is -2.33. The summed E-state index contributed by atoms with van der Waals surface area (Å²) in [7, 11) is 2.17. The number of anilines is 1. The topological polar surface area (TPSA) is 50.4 Å². The summed E-state index contributed by atoms with van der Waals surface area (Å²) >= 11 is 10.1. The second-order valence-corrected chi connectivity index (χ2v) is 10.4. The number of rotatable bonds is 5. The maximum Gasteiger partial charge on any atom is 0.172 e. The van der Waals surface area contributed by atoms with Crippen molar-refractivity contribution in [1.29, 1.82) is 0 Å². The number of benzene rings is 2. The van der Waals surface area contributed by atoms with Gasteiger partial charge in [0.2, 0.25) is 0 Å². The number of para-hydroxylation sites is 1. The Morgan fingerprint density at radius 2 is 1.83 bits per heavy atom. The summed E-state index contributed by atoms with van der Waals surface area (Å²) in [6.45, 7) is 3.07. The average molecular weight is 550 g/mol. The maximum absolute atomic E-state index is 6.49. The monoisotopic (exact) mass is 548 g/mol. The molecule has 3 aromatic heterocycles. The molecule has 1 aliphatic rings. The average Bonchev–Trinajstić information content (AvgIpc) is 3.40. The van der Waals surface area contributed by atoms with Crippen LogP contribution in [0.4, 0.5) is 5.82 Å². The zero-order valence-corrected chi connectivity index (χ0v) is 21.8. The van der Waals surface area contributed by atoms with Crippen molar-refractivity contribution in [3.05, 3.63) is 82.0 Å². The van der Waals surface area contributed by atoms with Crippen molar-refractivity contribution in [1.82, 2.24) is 24.1 Å². The fourth-order valence-corrected chi connectivity index (χ4v) is 5.60. The fourth-order valence-electron chi connectivity index (χ4n) is 5.02. The molecule has 1 fully saturated rings. The first-order valence-electron chi connectivity index (χ1n) is 11.9. The summed E-state index contributed by atoms with van der Waals surface area (Å²) in [5, 5.41) is 10.3. The second kappa shape index (κ2) is 9.30. The van der Waals surface area contributed by atoms with Gasteiger partial charge >= 0.3 is 0 Å². The van der Waals surface area contributed by atoms with Crippen LogP contribution in [0.5, 0.6) is 0 Å². The molecule has 2 aromatic carbocycles. The molecule has 0 unspecified atom stereocenters. The molecule has 0 radical (unpaired) electrons. The van der Waals surface area contributed by atoms with Gasteiger partial charge in [0.05, 0.1) is 16.4 Å². The predicted molar refractivity (Wildman–Crippen MR) is 146 cm³/mol. The van der Waals surface area contributed by atoms with E-state index in [1.165, 1.54) is 16.6 Å². The van der Waals surface area contributed by atoms with E-state index in [0.29, 0.717) is 11.1 Å². The molecule has 0 amide bonds. The van der Waals surface area contributed by atoms with Gasteiger partial charge < -0.3 is 9.88 Å². The molecule has 6 rings (SSSR count). The number of halogens is 2. The molecule has 4 heterocycles. The number of fused-ring (bicyclic) bond motifs is 2. The van der Waals surface area contributed by atoms with Crippen molar-refractivity contribution in [3.8, 4) is 11.3 Å². The normalized spacial score (nSPS) is 15.3. The molecule has 1 N–H and O–H groups in total. The van der Waals surface area contributed by atoms with Crippen LogP contribution in [0.2, 0.25) is 5.02 Å². The van der Waals surface area contributed by atoms with Crippen LogP contribution in [0, 0.1) is 0 Å². The summed E-state index contributed by atoms with van der Waals surface area (Å²) in [5.41, 5.74) is 5.18. The molecule has 0 atom stereocenters. The molecule has 35 heavy (non-hydrogen) atoms. The van der Waals surface area contributed by atoms with Crippen molar-refractivity contribution in [3.63, 3.8) is 0 Å². The van der Waals surface area contributed by atoms with Gasteiger partial charge in [-0.25, -0.2) is 4.98 Å². The highest BCUT2D eigenvalue weighted by Crippen LogP contribution is 2.31. The van der Waals surface area contributed by atoms with Crippen molar-refractivity contribution in [2.45, 2.75) is 25.4 Å². The van der Waals surface area contributed by atoms with Crippen LogP contribution in [0.3, 0.4) is 0 Å². The Bertz CT molecular complexity index is 1520. The summed E-state index contributed by atoms with van der Waals surface area (Å²) in [6.07, 6.45) is 3.92. The summed E-state index contributed by atoms with van der Waals surface area (Å²) in [6, 6.07) is 21.1. The second-order valence-electron chi connectivity index (χ2n) is 9.18. The van der Waals surface area contributed by atoms with Gasteiger partial charge in [-0.2, -0.15) is 9.61 Å². The van der Waals surface area contributed by atoms with Gasteiger partial charge in [0.1, 0.15) is 5.82 Å². The lowest BCUT2D eigenvalue weighted by molar-refractivity contribution is 0.207. The smallest absolute Gasteiger partial charge is 0.172 e. The van der Waals surface area contributed by atoms with E-state index in [1.807, 2.05) is 28.8 Å². The van der Waals surface area contributed by atoms with Gasteiger partial charge in [0.25, 0.3) is 0 Å². The highest BCUT2D eigenvalue weighted by atomic mass is 79.9. The van der Waals surface area contributed by atoms with Crippen molar-refractivity contribution < 1.29 is 0 Å². The first-order valence-corrected chi connectivity index (χ1v) is 13.1. The van der Waals surface area contributed by atoms with E-state index in [9.17, 15) is 0 Å². The van der Waals surface area contributed by atoms with E-state index >= 15 is 0 Å². The zero-order chi connectivity index (χ0) is 23.9. The van der Waals surface area contributed by atoms with Crippen molar-refractivity contribution >= 4 is 49.9 Å². The van der Waals surface area contributed by atoms with E-state index in [2.05, 4.69) is 79.3 Å². The molecule has 5 aromatic rings. The van der Waals surface area contributed by atoms with Gasteiger partial charge in [-0.1, -0.05) is 48.0 Å². The fraction of sp³-hybridized carbons (Fsp3) is 0.259. The van der Waals surface area contributed by atoms with Crippen LogP contribution in [-0.4, -0.2) is 43.2 Å². The van der Waals surface area contributed by atoms with Gasteiger partial charge in [-0.15, -0.1) is 0 Å². The number of aromatic nitrogens is 4. The van der Waals surface area contributed by atoms with Crippen LogP contribution < -0.4 is 5.32 Å². The SMILES string of the molecule is Cn1c(CN2CCC(Nc3cc(-c4ccccc4Cl)nc4c(Br)cnn34)CC2)cc2ccccc21. The minimum absolute atomic E-state index is 0.367. The van der Waals surface area contributed by atoms with Crippen molar-refractivity contribution in [2.24, 2.45) is 7.05 Å². The van der Waals surface area contributed by atoms with E-state index in [-0.39, 0.29) is 0 Å². The molecule has 0 saturated carbocycles. The Hall–Kier alpha value is -2.87. The van der Waals surface area contributed by atoms with Gasteiger partial charge in [-0.3, -0.25) is 4.90 Å². The van der Waals surface area contributed by atoms with Crippen LogP contribution in [0.25, 0.3) is 27.8 Å². The molecule has 8 heteroatoms. The molecule has 0 aliphatic carbocycles. The Morgan fingerprint density at radius 1 is 1.06 bits per heavy atom. The highest BCUT2D eigenvalue weighted by molar-refractivity contribution is 9.10. The van der Waals surface area contributed by atoms with Gasteiger partial charge in [0, 0.05) is 60.6 Å². The van der Waals surface area contributed by atoms with Crippen LogP contribution in [0.1, 0.15) is 18.5 Å². The van der Waals surface area contributed by atoms with Crippen LogP contribution in [-0.2, 0) is 13.6 Å². The Morgan fingerprint density at radius 3 is 2.63 bits per heavy atom. The van der Waals surface area contributed by atoms with Gasteiger partial charge in [-0.05, 0) is 52.4 Å². The lowest BCUT2D eigenvalue weighted by Crippen LogP contribution is -2.39. The van der Waals surface area contributed by atoms with E-state index in [1.54, 1.807) is 6.20 Å². The van der Waals surface area contributed by atoms with E-state index in [0.717, 1.165) is 59.7 Å². The number of piperidine rings is 1. The number of hydrogen-bond acceptors (Lipinski definition) is 4. The lowest BCUT2D eigenvalue weighted by atomic mass is 10.0. The third kappa shape index (κ3) is 4.33. The summed E-state index contributed by atoms with van der Waals surface area (Å²) < 4.78 is 5.05. The first-order chi connectivity index (χ1) is 17.1. The number of likely N-dealkylation sites (tertiary alicyclic amines) is 1. The molecule has 1 saturated heterocycles. The summed E-state index contributed by atoms with van der Waals surface area (Å²) in [5.74, 6) is 0.933. The zero-order valence-electron chi connectivity index (χ0n) is 19.5. The van der Waals surface area contributed by atoms with E-state index < -0.39 is 0 Å². The Balaban J connectivity index is 1.19. The highest BCUT2D eigenvalue weighted by Gasteiger charge is 2.22. The van der Waals surface area contributed by atoms with Crippen molar-refractivity contribution in [2.75, 3.05) is 18.4 Å². The predicted octanol–water partition coefficient (Wildman–Crippen LogP) is 6.38. The number of nitrogens with zero attached hydrogens (tertiary/aromatic N) is 5. The number of nitrogens with one attached hydrogen (secondary N) is 1. The number of hydrogen-bond donors (Lipinski definition) is 1. The standard InChI is InChI=1S/C27H26BrClN6/c1-33-20(14-18-6-2-5-9-25(18)33)17-34-12-10-19(11-13-34)31-26-15-24(21-7-3-4-8-23(21)29)32-27-22(28)16-30-35(26)27/h2-9,14-16,19,31H,10-13,17H2,1H3. The Kier molecular flexibility index (Phi) is 6.00. The number of aryl methyl sites for hydroxylation is 1. The largest absolute Gasteiger partial charge is 0.367 e.